The molecule has 4 rings (SSSR count). The van der Waals surface area contributed by atoms with Gasteiger partial charge in [0.25, 0.3) is 5.56 Å². The van der Waals surface area contributed by atoms with E-state index in [0.29, 0.717) is 24.4 Å². The van der Waals surface area contributed by atoms with E-state index in [2.05, 4.69) is 4.98 Å². The number of para-hydroxylation sites is 1. The predicted molar refractivity (Wildman–Crippen MR) is 107 cm³/mol. The van der Waals surface area contributed by atoms with E-state index in [-0.39, 0.29) is 27.8 Å². The zero-order chi connectivity index (χ0) is 21.5. The van der Waals surface area contributed by atoms with E-state index in [0.717, 1.165) is 28.5 Å². The van der Waals surface area contributed by atoms with Gasteiger partial charge in [-0.05, 0) is 37.1 Å². The van der Waals surface area contributed by atoms with Crippen LogP contribution in [0.1, 0.15) is 12.8 Å². The fourth-order valence-corrected chi connectivity index (χ4v) is 4.28. The van der Waals surface area contributed by atoms with Crippen LogP contribution >= 0.6 is 11.8 Å². The maximum absolute atomic E-state index is 14.5. The second-order valence-corrected chi connectivity index (χ2v) is 7.88. The number of methoxy groups -OCH3 is 1. The third-order valence-electron chi connectivity index (χ3n) is 5.09. The molecule has 0 radical (unpaired) electrons. The van der Waals surface area contributed by atoms with Crippen LogP contribution in [0.4, 0.5) is 8.78 Å². The summed E-state index contributed by atoms with van der Waals surface area (Å²) in [4.78, 5) is 42.1. The van der Waals surface area contributed by atoms with Gasteiger partial charge in [0.05, 0.1) is 29.5 Å². The summed E-state index contributed by atoms with van der Waals surface area (Å²) in [6.07, 6.45) is 0.813. The van der Waals surface area contributed by atoms with Crippen molar-refractivity contribution in [2.75, 3.05) is 12.9 Å². The molecule has 0 unspecified atom stereocenters. The SMILES string of the molecule is COC(=O)C1(C(=O)CSc2nc3ccccc3c(=O)n2-c2ccc(F)cc2F)CC1. The van der Waals surface area contributed by atoms with E-state index in [9.17, 15) is 23.2 Å². The molecule has 1 aromatic heterocycles. The molecule has 30 heavy (non-hydrogen) atoms. The van der Waals surface area contributed by atoms with Crippen molar-refractivity contribution in [2.45, 2.75) is 18.0 Å². The summed E-state index contributed by atoms with van der Waals surface area (Å²) in [5, 5.41) is 0.323. The normalized spacial score (nSPS) is 14.5. The predicted octanol–water partition coefficient (Wildman–Crippen LogP) is 3.28. The van der Waals surface area contributed by atoms with E-state index in [1.807, 2.05) is 0 Å². The van der Waals surface area contributed by atoms with Crippen molar-refractivity contribution in [3.63, 3.8) is 0 Å². The summed E-state index contributed by atoms with van der Waals surface area (Å²) >= 11 is 0.921. The Morgan fingerprint density at radius 1 is 1.20 bits per heavy atom. The number of hydrogen-bond donors (Lipinski definition) is 0. The van der Waals surface area contributed by atoms with Crippen molar-refractivity contribution in [3.8, 4) is 5.69 Å². The zero-order valence-electron chi connectivity index (χ0n) is 15.9. The highest BCUT2D eigenvalue weighted by molar-refractivity contribution is 7.99. The quantitative estimate of drug-likeness (QED) is 0.259. The first-order valence-electron chi connectivity index (χ1n) is 9.09. The number of esters is 1. The van der Waals surface area contributed by atoms with Gasteiger partial charge in [0.15, 0.2) is 10.9 Å². The second kappa shape index (κ2) is 7.64. The molecular formula is C21H16F2N2O4S. The van der Waals surface area contributed by atoms with Gasteiger partial charge in [-0.25, -0.2) is 13.8 Å². The number of thioether (sulfide) groups is 1. The summed E-state index contributed by atoms with van der Waals surface area (Å²) in [5.41, 5.74) is -1.49. The van der Waals surface area contributed by atoms with E-state index in [1.165, 1.54) is 7.11 Å². The lowest BCUT2D eigenvalue weighted by atomic mass is 10.0. The smallest absolute Gasteiger partial charge is 0.319 e. The standard InChI is InChI=1S/C21H16F2N2O4S/c1-29-19(28)21(8-9-21)17(26)11-30-20-24-15-5-3-2-4-13(15)18(27)25(20)16-7-6-12(22)10-14(16)23/h2-7,10H,8-9,11H2,1H3. The lowest BCUT2D eigenvalue weighted by Gasteiger charge is -2.15. The number of aromatic nitrogens is 2. The molecule has 2 aromatic carbocycles. The van der Waals surface area contributed by atoms with Crippen molar-refractivity contribution in [2.24, 2.45) is 5.41 Å². The topological polar surface area (TPSA) is 78.3 Å². The molecule has 0 aliphatic heterocycles. The monoisotopic (exact) mass is 430 g/mol. The first-order chi connectivity index (χ1) is 14.4. The van der Waals surface area contributed by atoms with E-state index < -0.39 is 28.6 Å². The van der Waals surface area contributed by atoms with Crippen LogP contribution in [0.2, 0.25) is 0 Å². The minimum Gasteiger partial charge on any atom is -0.468 e. The molecule has 9 heteroatoms. The third-order valence-corrected chi connectivity index (χ3v) is 6.03. The second-order valence-electron chi connectivity index (χ2n) is 6.93. The van der Waals surface area contributed by atoms with Crippen LogP contribution in [0.5, 0.6) is 0 Å². The number of ketones is 1. The molecule has 1 saturated carbocycles. The van der Waals surface area contributed by atoms with Gasteiger partial charge in [0.1, 0.15) is 17.0 Å². The van der Waals surface area contributed by atoms with Crippen LogP contribution in [-0.4, -0.2) is 34.2 Å². The summed E-state index contributed by atoms with van der Waals surface area (Å²) in [6, 6.07) is 9.39. The highest BCUT2D eigenvalue weighted by atomic mass is 32.2. The zero-order valence-corrected chi connectivity index (χ0v) is 16.7. The van der Waals surface area contributed by atoms with Gasteiger partial charge in [-0.3, -0.25) is 19.0 Å². The number of nitrogens with zero attached hydrogens (tertiary/aromatic N) is 2. The van der Waals surface area contributed by atoms with Crippen molar-refractivity contribution < 1.29 is 23.1 Å². The minimum absolute atomic E-state index is 0.0678. The van der Waals surface area contributed by atoms with E-state index in [4.69, 9.17) is 4.74 Å². The Hall–Kier alpha value is -3.07. The number of halogens is 2. The molecule has 1 heterocycles. The third kappa shape index (κ3) is 3.39. The van der Waals surface area contributed by atoms with Gasteiger partial charge in [0.2, 0.25) is 0 Å². The molecule has 0 N–H and O–H groups in total. The number of ether oxygens (including phenoxy) is 1. The highest BCUT2D eigenvalue weighted by Gasteiger charge is 2.56. The number of carbonyl (C=O) groups is 2. The lowest BCUT2D eigenvalue weighted by Crippen LogP contribution is -2.29. The maximum Gasteiger partial charge on any atom is 0.319 e. The van der Waals surface area contributed by atoms with Crippen LogP contribution < -0.4 is 5.56 Å². The number of fused-ring (bicyclic) bond motifs is 1. The molecule has 154 valence electrons. The summed E-state index contributed by atoms with van der Waals surface area (Å²) in [5.74, 6) is -2.79. The number of benzene rings is 2. The minimum atomic E-state index is -1.15. The van der Waals surface area contributed by atoms with Crippen molar-refractivity contribution in [1.82, 2.24) is 9.55 Å². The summed E-state index contributed by atoms with van der Waals surface area (Å²) < 4.78 is 33.6. The fourth-order valence-electron chi connectivity index (χ4n) is 3.27. The number of carbonyl (C=O) groups excluding carboxylic acids is 2. The Bertz CT molecular complexity index is 1240. The molecule has 1 fully saturated rings. The average molecular weight is 430 g/mol. The number of hydrogen-bond acceptors (Lipinski definition) is 6. The Balaban J connectivity index is 1.78. The highest BCUT2D eigenvalue weighted by Crippen LogP contribution is 2.48. The molecular weight excluding hydrogens is 414 g/mol. The average Bonchev–Trinajstić information content (AvgIpc) is 3.54. The van der Waals surface area contributed by atoms with Crippen LogP contribution in [0, 0.1) is 17.0 Å². The maximum atomic E-state index is 14.5. The van der Waals surface area contributed by atoms with E-state index >= 15 is 0 Å². The Morgan fingerprint density at radius 3 is 2.60 bits per heavy atom. The molecule has 1 aliphatic carbocycles. The Labute approximate surface area is 173 Å². The molecule has 0 amide bonds. The molecule has 3 aromatic rings. The molecule has 0 spiro atoms. The van der Waals surface area contributed by atoms with Gasteiger partial charge in [-0.15, -0.1) is 0 Å². The number of rotatable bonds is 6. The first kappa shape index (κ1) is 20.2. The van der Waals surface area contributed by atoms with Gasteiger partial charge in [-0.2, -0.15) is 0 Å². The Kier molecular flexibility index (Phi) is 5.15. The van der Waals surface area contributed by atoms with Crippen LogP contribution in [0.25, 0.3) is 16.6 Å². The fraction of sp³-hybridized carbons (Fsp3) is 0.238. The number of Topliss-reactive ketones (excluding diaryl/α,β-unsaturated/α-hetero) is 1. The largest absolute Gasteiger partial charge is 0.468 e. The van der Waals surface area contributed by atoms with E-state index in [1.54, 1.807) is 24.3 Å². The first-order valence-corrected chi connectivity index (χ1v) is 10.1. The lowest BCUT2D eigenvalue weighted by molar-refractivity contribution is -0.150. The molecule has 1 aliphatic rings. The van der Waals surface area contributed by atoms with Crippen LogP contribution in [0.3, 0.4) is 0 Å². The summed E-state index contributed by atoms with van der Waals surface area (Å²) in [7, 11) is 1.22. The van der Waals surface area contributed by atoms with Gasteiger partial charge in [0, 0.05) is 6.07 Å². The van der Waals surface area contributed by atoms with Gasteiger partial charge in [-0.1, -0.05) is 23.9 Å². The summed E-state index contributed by atoms with van der Waals surface area (Å²) in [6.45, 7) is 0. The molecule has 0 bridgehead atoms. The molecule has 6 nitrogen and oxygen atoms in total. The Morgan fingerprint density at radius 2 is 1.93 bits per heavy atom. The van der Waals surface area contributed by atoms with Crippen LogP contribution in [0.15, 0.2) is 52.4 Å². The van der Waals surface area contributed by atoms with Crippen molar-refractivity contribution in [1.29, 1.82) is 0 Å². The molecule has 0 atom stereocenters. The van der Waals surface area contributed by atoms with Gasteiger partial charge < -0.3 is 4.74 Å². The van der Waals surface area contributed by atoms with Gasteiger partial charge >= 0.3 is 5.97 Å². The van der Waals surface area contributed by atoms with Crippen molar-refractivity contribution in [3.05, 3.63) is 64.5 Å². The molecule has 0 saturated heterocycles. The van der Waals surface area contributed by atoms with Crippen LogP contribution in [-0.2, 0) is 14.3 Å². The van der Waals surface area contributed by atoms with Crippen molar-refractivity contribution >= 4 is 34.4 Å².